The number of thiocarbonyl (C=S) groups is 1. The average molecular weight is 322 g/mol. The molecule has 3 rings (SSSR count). The summed E-state index contributed by atoms with van der Waals surface area (Å²) in [6.45, 7) is 0.992. The molecular formula is C15H12F2N2O2S. The monoisotopic (exact) mass is 322 g/mol. The SMILES string of the molecule is Fc1ccc(F)c(NC(=S)Nc2ccc3c(c2)OCCO3)c1. The number of anilines is 2. The normalized spacial score (nSPS) is 12.6. The van der Waals surface area contributed by atoms with Crippen LogP contribution in [0.5, 0.6) is 11.5 Å². The van der Waals surface area contributed by atoms with Crippen LogP contribution in [0.4, 0.5) is 20.2 Å². The fourth-order valence-electron chi connectivity index (χ4n) is 2.00. The van der Waals surface area contributed by atoms with E-state index < -0.39 is 11.6 Å². The van der Waals surface area contributed by atoms with Gasteiger partial charge in [-0.25, -0.2) is 8.78 Å². The minimum absolute atomic E-state index is 0.0324. The fourth-order valence-corrected chi connectivity index (χ4v) is 2.23. The van der Waals surface area contributed by atoms with E-state index >= 15 is 0 Å². The number of halogens is 2. The molecular weight excluding hydrogens is 310 g/mol. The second kappa shape index (κ2) is 6.15. The van der Waals surface area contributed by atoms with E-state index in [0.29, 0.717) is 30.4 Å². The van der Waals surface area contributed by atoms with Gasteiger partial charge in [-0.2, -0.15) is 0 Å². The lowest BCUT2D eigenvalue weighted by atomic mass is 10.2. The largest absolute Gasteiger partial charge is 0.486 e. The first-order valence-corrected chi connectivity index (χ1v) is 6.95. The molecule has 1 aliphatic rings. The first kappa shape index (κ1) is 14.5. The second-order valence-electron chi connectivity index (χ2n) is 4.56. The van der Waals surface area contributed by atoms with Crippen LogP contribution in [-0.2, 0) is 0 Å². The summed E-state index contributed by atoms with van der Waals surface area (Å²) in [5.41, 5.74) is 0.619. The molecule has 0 saturated heterocycles. The molecule has 2 aromatic rings. The van der Waals surface area contributed by atoms with Crippen LogP contribution in [0.15, 0.2) is 36.4 Å². The van der Waals surface area contributed by atoms with Crippen molar-refractivity contribution >= 4 is 28.7 Å². The van der Waals surface area contributed by atoms with E-state index in [1.807, 2.05) is 0 Å². The first-order valence-electron chi connectivity index (χ1n) is 6.54. The summed E-state index contributed by atoms with van der Waals surface area (Å²) < 4.78 is 37.5. The Bertz CT molecular complexity index is 725. The maximum absolute atomic E-state index is 13.5. The van der Waals surface area contributed by atoms with Crippen molar-refractivity contribution in [1.29, 1.82) is 0 Å². The van der Waals surface area contributed by atoms with E-state index in [1.54, 1.807) is 18.2 Å². The summed E-state index contributed by atoms with van der Waals surface area (Å²) in [6.07, 6.45) is 0. The van der Waals surface area contributed by atoms with Crippen molar-refractivity contribution in [3.8, 4) is 11.5 Å². The van der Waals surface area contributed by atoms with Crippen molar-refractivity contribution in [1.82, 2.24) is 0 Å². The molecule has 0 saturated carbocycles. The molecule has 0 radical (unpaired) electrons. The van der Waals surface area contributed by atoms with Crippen molar-refractivity contribution in [3.05, 3.63) is 48.0 Å². The molecule has 2 aromatic carbocycles. The van der Waals surface area contributed by atoms with Crippen LogP contribution in [0.25, 0.3) is 0 Å². The molecule has 0 atom stereocenters. The van der Waals surface area contributed by atoms with E-state index in [2.05, 4.69) is 10.6 Å². The quantitative estimate of drug-likeness (QED) is 0.828. The Morgan fingerprint density at radius 3 is 2.55 bits per heavy atom. The molecule has 2 N–H and O–H groups in total. The van der Waals surface area contributed by atoms with Crippen LogP contribution in [0.1, 0.15) is 0 Å². The summed E-state index contributed by atoms with van der Waals surface area (Å²) in [4.78, 5) is 0. The lowest BCUT2D eigenvalue weighted by molar-refractivity contribution is 0.171. The van der Waals surface area contributed by atoms with Crippen molar-refractivity contribution in [2.75, 3.05) is 23.8 Å². The van der Waals surface area contributed by atoms with Crippen molar-refractivity contribution in [2.24, 2.45) is 0 Å². The van der Waals surface area contributed by atoms with Crippen molar-refractivity contribution in [2.45, 2.75) is 0 Å². The predicted octanol–water partition coefficient (Wildman–Crippen LogP) is 3.54. The second-order valence-corrected chi connectivity index (χ2v) is 4.97. The van der Waals surface area contributed by atoms with Crippen LogP contribution >= 0.6 is 12.2 Å². The van der Waals surface area contributed by atoms with Gasteiger partial charge in [-0.1, -0.05) is 0 Å². The van der Waals surface area contributed by atoms with Crippen LogP contribution in [0.3, 0.4) is 0 Å². The van der Waals surface area contributed by atoms with Gasteiger partial charge in [-0.05, 0) is 36.5 Å². The highest BCUT2D eigenvalue weighted by molar-refractivity contribution is 7.80. The zero-order valence-corrected chi connectivity index (χ0v) is 12.2. The molecule has 0 aliphatic carbocycles. The van der Waals surface area contributed by atoms with Gasteiger partial charge in [0.25, 0.3) is 0 Å². The van der Waals surface area contributed by atoms with Gasteiger partial charge in [-0.15, -0.1) is 0 Å². The minimum atomic E-state index is -0.590. The van der Waals surface area contributed by atoms with Gasteiger partial charge in [0.15, 0.2) is 16.6 Å². The summed E-state index contributed by atoms with van der Waals surface area (Å²) in [6, 6.07) is 8.34. The highest BCUT2D eigenvalue weighted by Gasteiger charge is 2.12. The van der Waals surface area contributed by atoms with E-state index in [0.717, 1.165) is 18.2 Å². The van der Waals surface area contributed by atoms with Gasteiger partial charge in [-0.3, -0.25) is 0 Å². The average Bonchev–Trinajstić information content (AvgIpc) is 2.51. The predicted molar refractivity (Wildman–Crippen MR) is 83.6 cm³/mol. The number of ether oxygens (including phenoxy) is 2. The third kappa shape index (κ3) is 3.25. The Balaban J connectivity index is 1.70. The van der Waals surface area contributed by atoms with Crippen LogP contribution in [0, 0.1) is 11.6 Å². The van der Waals surface area contributed by atoms with Crippen molar-refractivity contribution in [3.63, 3.8) is 0 Å². The Kier molecular flexibility index (Phi) is 4.06. The molecule has 22 heavy (non-hydrogen) atoms. The highest BCUT2D eigenvalue weighted by Crippen LogP contribution is 2.32. The Labute approximate surface area is 131 Å². The van der Waals surface area contributed by atoms with E-state index in [9.17, 15) is 8.78 Å². The van der Waals surface area contributed by atoms with E-state index in [1.165, 1.54) is 0 Å². The third-order valence-corrected chi connectivity index (χ3v) is 3.18. The molecule has 4 nitrogen and oxygen atoms in total. The summed E-state index contributed by atoms with van der Waals surface area (Å²) in [5, 5.41) is 5.64. The van der Waals surface area contributed by atoms with Gasteiger partial charge in [0.2, 0.25) is 0 Å². The molecule has 0 spiro atoms. The molecule has 0 fully saturated rings. The lowest BCUT2D eigenvalue weighted by Crippen LogP contribution is -2.20. The molecule has 114 valence electrons. The molecule has 0 bridgehead atoms. The lowest BCUT2D eigenvalue weighted by Gasteiger charge is -2.19. The summed E-state index contributed by atoms with van der Waals surface area (Å²) >= 11 is 5.09. The first-order chi connectivity index (χ1) is 10.6. The molecule has 0 amide bonds. The summed E-state index contributed by atoms with van der Waals surface area (Å²) in [7, 11) is 0. The van der Waals surface area contributed by atoms with Gasteiger partial charge < -0.3 is 20.1 Å². The zero-order valence-electron chi connectivity index (χ0n) is 11.4. The van der Waals surface area contributed by atoms with Crippen LogP contribution < -0.4 is 20.1 Å². The van der Waals surface area contributed by atoms with Gasteiger partial charge in [0, 0.05) is 17.8 Å². The third-order valence-electron chi connectivity index (χ3n) is 2.98. The van der Waals surface area contributed by atoms with Crippen LogP contribution in [0.2, 0.25) is 0 Å². The maximum Gasteiger partial charge on any atom is 0.175 e. The Hall–Kier alpha value is -2.41. The summed E-state index contributed by atoms with van der Waals surface area (Å²) in [5.74, 6) is 0.126. The van der Waals surface area contributed by atoms with E-state index in [4.69, 9.17) is 21.7 Å². The Morgan fingerprint density at radius 2 is 1.73 bits per heavy atom. The standard InChI is InChI=1S/C15H12F2N2O2S/c16-9-1-3-11(17)12(7-9)19-15(22)18-10-2-4-13-14(8-10)21-6-5-20-13/h1-4,7-8H,5-6H2,(H2,18,19,22). The molecule has 1 aliphatic heterocycles. The highest BCUT2D eigenvalue weighted by atomic mass is 32.1. The molecule has 1 heterocycles. The maximum atomic E-state index is 13.5. The number of hydrogen-bond acceptors (Lipinski definition) is 3. The minimum Gasteiger partial charge on any atom is -0.486 e. The molecule has 0 unspecified atom stereocenters. The van der Waals surface area contributed by atoms with Gasteiger partial charge >= 0.3 is 0 Å². The van der Waals surface area contributed by atoms with E-state index in [-0.39, 0.29) is 10.8 Å². The number of benzene rings is 2. The number of hydrogen-bond donors (Lipinski definition) is 2. The number of fused-ring (bicyclic) bond motifs is 1. The molecule has 0 aromatic heterocycles. The zero-order chi connectivity index (χ0) is 15.5. The van der Waals surface area contributed by atoms with Gasteiger partial charge in [0.05, 0.1) is 5.69 Å². The molecule has 7 heteroatoms. The number of rotatable bonds is 2. The number of nitrogens with one attached hydrogen (secondary N) is 2. The topological polar surface area (TPSA) is 42.5 Å². The fraction of sp³-hybridized carbons (Fsp3) is 0.133. The van der Waals surface area contributed by atoms with Crippen molar-refractivity contribution < 1.29 is 18.3 Å². The van der Waals surface area contributed by atoms with Gasteiger partial charge in [0.1, 0.15) is 24.8 Å². The smallest absolute Gasteiger partial charge is 0.175 e. The van der Waals surface area contributed by atoms with Crippen LogP contribution in [-0.4, -0.2) is 18.3 Å². The Morgan fingerprint density at radius 1 is 0.955 bits per heavy atom.